The zero-order chi connectivity index (χ0) is 14.8. The molecule has 0 spiro atoms. The average Bonchev–Trinajstić information content (AvgIpc) is 2.73. The summed E-state index contributed by atoms with van der Waals surface area (Å²) in [5.41, 5.74) is 6.59. The van der Waals surface area contributed by atoms with Crippen LogP contribution in [0.15, 0.2) is 24.3 Å². The summed E-state index contributed by atoms with van der Waals surface area (Å²) in [4.78, 5) is 1.31. The predicted octanol–water partition coefficient (Wildman–Crippen LogP) is 1.35. The van der Waals surface area contributed by atoms with Crippen molar-refractivity contribution in [2.75, 3.05) is 0 Å². The molecule has 0 saturated heterocycles. The fourth-order valence-corrected chi connectivity index (χ4v) is 1.64. The maximum Gasteiger partial charge on any atom is 0.573 e. The first-order chi connectivity index (χ1) is 9.33. The van der Waals surface area contributed by atoms with Crippen LogP contribution in [-0.4, -0.2) is 26.6 Å². The lowest BCUT2D eigenvalue weighted by atomic mass is 10.0. The van der Waals surface area contributed by atoms with Crippen LogP contribution >= 0.6 is 0 Å². The monoisotopic (exact) mass is 287 g/mol. The lowest BCUT2D eigenvalue weighted by molar-refractivity contribution is -0.274. The van der Waals surface area contributed by atoms with Gasteiger partial charge in [0.15, 0.2) is 5.82 Å². The second-order valence-corrected chi connectivity index (χ2v) is 4.12. The molecule has 0 saturated carbocycles. The van der Waals surface area contributed by atoms with E-state index in [-0.39, 0.29) is 5.75 Å². The van der Waals surface area contributed by atoms with Gasteiger partial charge in [0.05, 0.1) is 7.05 Å². The van der Waals surface area contributed by atoms with Gasteiger partial charge in [-0.15, -0.1) is 23.4 Å². The van der Waals surface area contributed by atoms with Gasteiger partial charge in [0.1, 0.15) is 5.75 Å². The molecule has 1 aromatic carbocycles. The van der Waals surface area contributed by atoms with Crippen molar-refractivity contribution in [2.24, 2.45) is 12.8 Å². The molecule has 1 heterocycles. The largest absolute Gasteiger partial charge is 0.573 e. The number of aromatic nitrogens is 4. The predicted molar refractivity (Wildman–Crippen MR) is 62.6 cm³/mol. The van der Waals surface area contributed by atoms with Gasteiger partial charge in [-0.2, -0.15) is 4.80 Å². The fourth-order valence-electron chi connectivity index (χ4n) is 1.64. The molecule has 2 aromatic rings. The first kappa shape index (κ1) is 14.3. The maximum absolute atomic E-state index is 12.0. The Kier molecular flexibility index (Phi) is 3.89. The Morgan fingerprint density at radius 1 is 1.30 bits per heavy atom. The number of benzene rings is 1. The Balaban J connectivity index is 2.02. The minimum absolute atomic E-state index is 0.286. The normalized spacial score (nSPS) is 13.2. The molecule has 6 nitrogen and oxygen atoms in total. The molecule has 1 unspecified atom stereocenters. The summed E-state index contributed by atoms with van der Waals surface area (Å²) in [5.74, 6) is 0.182. The van der Waals surface area contributed by atoms with Gasteiger partial charge in [0, 0.05) is 12.5 Å². The topological polar surface area (TPSA) is 78.9 Å². The van der Waals surface area contributed by atoms with Crippen LogP contribution in [0.1, 0.15) is 17.4 Å². The van der Waals surface area contributed by atoms with Gasteiger partial charge in [0.2, 0.25) is 0 Å². The number of ether oxygens (including phenoxy) is 1. The zero-order valence-electron chi connectivity index (χ0n) is 10.5. The summed E-state index contributed by atoms with van der Waals surface area (Å²) in [6.45, 7) is 0. The standard InChI is InChI=1S/C11H12F3N5O/c1-19-17-10(16-18-19)6-9(15)7-2-4-8(5-3-7)20-11(12,13)14/h2-5,9H,6,15H2,1H3. The number of hydrogen-bond acceptors (Lipinski definition) is 5. The van der Waals surface area contributed by atoms with Gasteiger partial charge in [-0.1, -0.05) is 12.1 Å². The van der Waals surface area contributed by atoms with Crippen LogP contribution in [0.4, 0.5) is 13.2 Å². The summed E-state index contributed by atoms with van der Waals surface area (Å²) in [6.07, 6.45) is -4.36. The van der Waals surface area contributed by atoms with Crippen molar-refractivity contribution in [3.8, 4) is 5.75 Å². The first-order valence-corrected chi connectivity index (χ1v) is 5.67. The van der Waals surface area contributed by atoms with Crippen LogP contribution in [0.25, 0.3) is 0 Å². The molecule has 1 aromatic heterocycles. The van der Waals surface area contributed by atoms with Crippen LogP contribution in [0, 0.1) is 0 Å². The molecular weight excluding hydrogens is 275 g/mol. The molecule has 2 N–H and O–H groups in total. The van der Waals surface area contributed by atoms with Gasteiger partial charge in [0.25, 0.3) is 0 Å². The number of alkyl halides is 3. The molecule has 0 aliphatic carbocycles. The zero-order valence-corrected chi connectivity index (χ0v) is 10.5. The lowest BCUT2D eigenvalue weighted by Gasteiger charge is -2.12. The highest BCUT2D eigenvalue weighted by atomic mass is 19.4. The Morgan fingerprint density at radius 2 is 1.95 bits per heavy atom. The van der Waals surface area contributed by atoms with E-state index < -0.39 is 12.4 Å². The van der Waals surface area contributed by atoms with Crippen LogP contribution in [-0.2, 0) is 13.5 Å². The summed E-state index contributed by atoms with van der Waals surface area (Å²) >= 11 is 0. The highest BCUT2D eigenvalue weighted by molar-refractivity contribution is 5.29. The molecule has 0 aliphatic heterocycles. The SMILES string of the molecule is Cn1nnc(CC(N)c2ccc(OC(F)(F)F)cc2)n1. The molecule has 0 bridgehead atoms. The fraction of sp³-hybridized carbons (Fsp3) is 0.364. The number of tetrazole rings is 1. The van der Waals surface area contributed by atoms with Crippen LogP contribution in [0.5, 0.6) is 5.75 Å². The number of halogens is 3. The Hall–Kier alpha value is -2.16. The van der Waals surface area contributed by atoms with E-state index in [2.05, 4.69) is 20.1 Å². The highest BCUT2D eigenvalue weighted by Crippen LogP contribution is 2.24. The van der Waals surface area contributed by atoms with Gasteiger partial charge in [-0.3, -0.25) is 0 Å². The van der Waals surface area contributed by atoms with Crippen molar-refractivity contribution in [3.05, 3.63) is 35.7 Å². The molecule has 108 valence electrons. The molecule has 20 heavy (non-hydrogen) atoms. The van der Waals surface area contributed by atoms with Crippen LogP contribution < -0.4 is 10.5 Å². The summed E-state index contributed by atoms with van der Waals surface area (Å²) < 4.78 is 39.8. The minimum atomic E-state index is -4.70. The quantitative estimate of drug-likeness (QED) is 0.918. The molecule has 2 rings (SSSR count). The second-order valence-electron chi connectivity index (χ2n) is 4.12. The van der Waals surface area contributed by atoms with E-state index in [9.17, 15) is 13.2 Å². The van der Waals surface area contributed by atoms with E-state index in [1.807, 2.05) is 0 Å². The Morgan fingerprint density at radius 3 is 2.45 bits per heavy atom. The lowest BCUT2D eigenvalue weighted by Crippen LogP contribution is -2.17. The van der Waals surface area contributed by atoms with Crippen molar-refractivity contribution < 1.29 is 17.9 Å². The van der Waals surface area contributed by atoms with Crippen molar-refractivity contribution in [1.29, 1.82) is 0 Å². The Labute approximate surface area is 112 Å². The number of nitrogens with two attached hydrogens (primary N) is 1. The number of nitrogens with zero attached hydrogens (tertiary/aromatic N) is 4. The minimum Gasteiger partial charge on any atom is -0.406 e. The molecule has 1 atom stereocenters. The molecule has 9 heteroatoms. The molecule has 0 amide bonds. The van der Waals surface area contributed by atoms with Gasteiger partial charge in [-0.25, -0.2) is 0 Å². The summed E-state index contributed by atoms with van der Waals surface area (Å²) in [7, 11) is 1.63. The van der Waals surface area contributed by atoms with E-state index in [1.165, 1.54) is 29.1 Å². The molecule has 0 radical (unpaired) electrons. The van der Waals surface area contributed by atoms with E-state index in [4.69, 9.17) is 5.73 Å². The summed E-state index contributed by atoms with van der Waals surface area (Å²) in [5, 5.41) is 11.5. The van der Waals surface area contributed by atoms with E-state index >= 15 is 0 Å². The van der Waals surface area contributed by atoms with E-state index in [0.717, 1.165) is 0 Å². The second kappa shape index (κ2) is 5.45. The van der Waals surface area contributed by atoms with Crippen molar-refractivity contribution in [2.45, 2.75) is 18.8 Å². The average molecular weight is 287 g/mol. The van der Waals surface area contributed by atoms with Gasteiger partial charge in [-0.05, 0) is 22.9 Å². The third kappa shape index (κ3) is 3.92. The maximum atomic E-state index is 12.0. The number of rotatable bonds is 4. The van der Waals surface area contributed by atoms with Gasteiger partial charge >= 0.3 is 6.36 Å². The van der Waals surface area contributed by atoms with Crippen LogP contribution in [0.2, 0.25) is 0 Å². The number of hydrogen-bond donors (Lipinski definition) is 1. The smallest absolute Gasteiger partial charge is 0.406 e. The van der Waals surface area contributed by atoms with Crippen molar-refractivity contribution in [3.63, 3.8) is 0 Å². The molecule has 0 fully saturated rings. The molecule has 0 aliphatic rings. The highest BCUT2D eigenvalue weighted by Gasteiger charge is 2.31. The van der Waals surface area contributed by atoms with Crippen LogP contribution in [0.3, 0.4) is 0 Å². The third-order valence-corrected chi connectivity index (χ3v) is 2.49. The third-order valence-electron chi connectivity index (χ3n) is 2.49. The van der Waals surface area contributed by atoms with E-state index in [1.54, 1.807) is 7.05 Å². The van der Waals surface area contributed by atoms with Crippen molar-refractivity contribution >= 4 is 0 Å². The Bertz CT molecular complexity index is 566. The first-order valence-electron chi connectivity index (χ1n) is 5.67. The van der Waals surface area contributed by atoms with Crippen molar-refractivity contribution in [1.82, 2.24) is 20.2 Å². The van der Waals surface area contributed by atoms with Gasteiger partial charge < -0.3 is 10.5 Å². The van der Waals surface area contributed by atoms with E-state index in [0.29, 0.717) is 17.8 Å². The number of aryl methyl sites for hydroxylation is 1. The molecular formula is C11H12F3N5O. The summed E-state index contributed by atoms with van der Waals surface area (Å²) in [6, 6.07) is 4.95.